The van der Waals surface area contributed by atoms with Crippen LogP contribution in [0.15, 0.2) is 52.5 Å². The van der Waals surface area contributed by atoms with Crippen LogP contribution in [0.5, 0.6) is 0 Å². The fraction of sp³-hybridized carbons (Fsp3) is 0. The van der Waals surface area contributed by atoms with E-state index in [0.29, 0.717) is 11.1 Å². The number of carbonyl (C=O) groups excluding carboxylic acids is 1. The van der Waals surface area contributed by atoms with Gasteiger partial charge in [-0.3, -0.25) is 4.79 Å². The van der Waals surface area contributed by atoms with Gasteiger partial charge in [-0.05, 0) is 30.3 Å². The number of aromatic nitrogens is 1. The van der Waals surface area contributed by atoms with Crippen LogP contribution in [-0.4, -0.2) is 35.4 Å². The average Bonchev–Trinajstić information content (AvgIpc) is 2.97. The molecule has 0 amide bonds. The molecule has 0 saturated carbocycles. The Hall–Kier alpha value is -2.58. The number of ketones is 1. The zero-order chi connectivity index (χ0) is 17.2. The lowest BCUT2D eigenvalue weighted by molar-refractivity contribution is -0.146. The number of hydrogen-bond donors (Lipinski definition) is 3. The SMILES string of the molecule is O=C(O)C(=O)C=C(O)c1cc[nH]c1S(=O)(=O)c1ccc(Cl)cc1. The molecule has 9 heteroatoms. The van der Waals surface area contributed by atoms with Gasteiger partial charge >= 0.3 is 5.97 Å². The lowest BCUT2D eigenvalue weighted by Crippen LogP contribution is -2.10. The fourth-order valence-electron chi connectivity index (χ4n) is 1.77. The Labute approximate surface area is 135 Å². The molecular formula is C14H10ClNO6S. The van der Waals surface area contributed by atoms with Crippen LogP contribution >= 0.6 is 11.6 Å². The molecule has 0 unspecified atom stereocenters. The van der Waals surface area contributed by atoms with E-state index in [9.17, 15) is 23.1 Å². The molecule has 0 radical (unpaired) electrons. The van der Waals surface area contributed by atoms with Crippen LogP contribution in [-0.2, 0) is 19.4 Å². The van der Waals surface area contributed by atoms with E-state index in [1.54, 1.807) is 0 Å². The molecule has 2 aromatic rings. The van der Waals surface area contributed by atoms with Crippen molar-refractivity contribution in [2.75, 3.05) is 0 Å². The number of sulfone groups is 1. The number of carboxylic acids is 1. The fourth-order valence-corrected chi connectivity index (χ4v) is 3.31. The third-order valence-corrected chi connectivity index (χ3v) is 4.88. The Morgan fingerprint density at radius 3 is 2.26 bits per heavy atom. The molecule has 0 bridgehead atoms. The van der Waals surface area contributed by atoms with Gasteiger partial charge in [0.05, 0.1) is 10.5 Å². The van der Waals surface area contributed by atoms with E-state index < -0.39 is 27.3 Å². The van der Waals surface area contributed by atoms with E-state index in [1.165, 1.54) is 36.5 Å². The Morgan fingerprint density at radius 2 is 1.70 bits per heavy atom. The second-order valence-corrected chi connectivity index (χ2v) is 6.70. The summed E-state index contributed by atoms with van der Waals surface area (Å²) in [5, 5.41) is 18.3. The molecule has 0 spiro atoms. The molecule has 0 fully saturated rings. The summed E-state index contributed by atoms with van der Waals surface area (Å²) in [4.78, 5) is 24.0. The molecule has 23 heavy (non-hydrogen) atoms. The highest BCUT2D eigenvalue weighted by molar-refractivity contribution is 7.91. The number of aliphatic hydroxyl groups is 1. The zero-order valence-electron chi connectivity index (χ0n) is 11.4. The number of aliphatic carboxylic acids is 1. The predicted molar refractivity (Wildman–Crippen MR) is 80.9 cm³/mol. The maximum absolute atomic E-state index is 12.5. The quantitative estimate of drug-likeness (QED) is 0.428. The van der Waals surface area contributed by atoms with Gasteiger partial charge in [0.25, 0.3) is 5.78 Å². The first-order valence-corrected chi connectivity index (χ1v) is 7.96. The van der Waals surface area contributed by atoms with Gasteiger partial charge in [-0.2, -0.15) is 0 Å². The van der Waals surface area contributed by atoms with Crippen molar-refractivity contribution in [1.29, 1.82) is 0 Å². The van der Waals surface area contributed by atoms with Gasteiger partial charge in [-0.25, -0.2) is 13.2 Å². The summed E-state index contributed by atoms with van der Waals surface area (Å²) in [6.45, 7) is 0. The standard InChI is InChI=1S/C14H10ClNO6S/c15-8-1-3-9(4-2-8)23(21,22)13-10(5-6-16-13)11(17)7-12(18)14(19)20/h1-7,16-17H,(H,19,20). The number of aromatic amines is 1. The van der Waals surface area contributed by atoms with Crippen molar-refractivity contribution in [2.24, 2.45) is 0 Å². The number of H-pyrrole nitrogens is 1. The lowest BCUT2D eigenvalue weighted by atomic mass is 10.2. The number of carboxylic acid groups (broad SMARTS) is 1. The molecule has 1 aromatic heterocycles. The molecule has 0 aliphatic rings. The second-order valence-electron chi connectivity index (χ2n) is 4.38. The number of carbonyl (C=O) groups is 2. The second kappa shape index (κ2) is 6.27. The highest BCUT2D eigenvalue weighted by Gasteiger charge is 2.25. The number of benzene rings is 1. The zero-order valence-corrected chi connectivity index (χ0v) is 12.9. The smallest absolute Gasteiger partial charge is 0.376 e. The number of halogens is 1. The van der Waals surface area contributed by atoms with Crippen LogP contribution in [0.4, 0.5) is 0 Å². The summed E-state index contributed by atoms with van der Waals surface area (Å²) in [6, 6.07) is 6.56. The summed E-state index contributed by atoms with van der Waals surface area (Å²) in [6.07, 6.45) is 1.68. The van der Waals surface area contributed by atoms with Gasteiger partial charge in [-0.1, -0.05) is 11.6 Å². The molecule has 7 nitrogen and oxygen atoms in total. The van der Waals surface area contributed by atoms with Crippen LogP contribution in [0, 0.1) is 0 Å². The van der Waals surface area contributed by atoms with E-state index in [-0.39, 0.29) is 15.5 Å². The Balaban J connectivity index is 2.51. The van der Waals surface area contributed by atoms with Crippen molar-refractivity contribution in [2.45, 2.75) is 9.92 Å². The summed E-state index contributed by atoms with van der Waals surface area (Å²) >= 11 is 5.71. The molecule has 3 N–H and O–H groups in total. The molecule has 1 heterocycles. The molecule has 0 saturated heterocycles. The lowest BCUT2D eigenvalue weighted by Gasteiger charge is -2.06. The maximum atomic E-state index is 12.5. The summed E-state index contributed by atoms with van der Waals surface area (Å²) < 4.78 is 25.1. The topological polar surface area (TPSA) is 125 Å². The van der Waals surface area contributed by atoms with Gasteiger partial charge in [0.2, 0.25) is 9.84 Å². The largest absolute Gasteiger partial charge is 0.507 e. The highest BCUT2D eigenvalue weighted by atomic mass is 35.5. The van der Waals surface area contributed by atoms with Crippen molar-refractivity contribution in [3.05, 3.63) is 53.2 Å². The molecule has 0 aliphatic heterocycles. The van der Waals surface area contributed by atoms with E-state index in [0.717, 1.165) is 0 Å². The maximum Gasteiger partial charge on any atom is 0.376 e. The highest BCUT2D eigenvalue weighted by Crippen LogP contribution is 2.27. The van der Waals surface area contributed by atoms with Crippen molar-refractivity contribution in [1.82, 2.24) is 4.98 Å². The molecule has 0 aliphatic carbocycles. The first kappa shape index (κ1) is 16.8. The van der Waals surface area contributed by atoms with Gasteiger partial charge in [0.15, 0.2) is 0 Å². The molecule has 0 atom stereocenters. The van der Waals surface area contributed by atoms with E-state index >= 15 is 0 Å². The number of aliphatic hydroxyl groups excluding tert-OH is 1. The Morgan fingerprint density at radius 1 is 1.09 bits per heavy atom. The van der Waals surface area contributed by atoms with Crippen LogP contribution in [0.3, 0.4) is 0 Å². The summed E-state index contributed by atoms with van der Waals surface area (Å²) in [7, 11) is -4.02. The van der Waals surface area contributed by atoms with Crippen molar-refractivity contribution in [3.63, 3.8) is 0 Å². The Kier molecular flexibility index (Phi) is 4.57. The number of rotatable bonds is 5. The van der Waals surface area contributed by atoms with Crippen LogP contribution < -0.4 is 0 Å². The third kappa shape index (κ3) is 3.43. The molecule has 2 rings (SSSR count). The minimum absolute atomic E-state index is 0.0806. The first-order valence-electron chi connectivity index (χ1n) is 6.10. The molecule has 1 aromatic carbocycles. The first-order chi connectivity index (χ1) is 10.7. The molecule has 120 valence electrons. The molecular weight excluding hydrogens is 346 g/mol. The van der Waals surface area contributed by atoms with Gasteiger partial charge in [0, 0.05) is 17.3 Å². The Bertz CT molecular complexity index is 896. The van der Waals surface area contributed by atoms with E-state index in [2.05, 4.69) is 4.98 Å². The van der Waals surface area contributed by atoms with Crippen molar-refractivity contribution < 1.29 is 28.2 Å². The predicted octanol–water partition coefficient (Wildman–Crippen LogP) is 2.05. The minimum atomic E-state index is -4.02. The van der Waals surface area contributed by atoms with Gasteiger partial charge in [0.1, 0.15) is 10.8 Å². The monoisotopic (exact) mass is 355 g/mol. The van der Waals surface area contributed by atoms with Crippen LogP contribution in [0.25, 0.3) is 5.76 Å². The van der Waals surface area contributed by atoms with E-state index in [1.807, 2.05) is 0 Å². The van der Waals surface area contributed by atoms with Gasteiger partial charge < -0.3 is 15.2 Å². The third-order valence-electron chi connectivity index (χ3n) is 2.86. The van der Waals surface area contributed by atoms with Crippen LogP contribution in [0.2, 0.25) is 5.02 Å². The van der Waals surface area contributed by atoms with Crippen molar-refractivity contribution in [3.8, 4) is 0 Å². The number of nitrogens with one attached hydrogen (secondary N) is 1. The average molecular weight is 356 g/mol. The van der Waals surface area contributed by atoms with E-state index in [4.69, 9.17) is 16.7 Å². The van der Waals surface area contributed by atoms with Crippen LogP contribution in [0.1, 0.15) is 5.56 Å². The number of hydrogen-bond acceptors (Lipinski definition) is 5. The van der Waals surface area contributed by atoms with Crippen molar-refractivity contribution >= 4 is 38.9 Å². The van der Waals surface area contributed by atoms with Gasteiger partial charge in [-0.15, -0.1) is 0 Å². The summed E-state index contributed by atoms with van der Waals surface area (Å²) in [5.41, 5.74) is -0.213. The summed E-state index contributed by atoms with van der Waals surface area (Å²) in [5.74, 6) is -3.92. The normalized spacial score (nSPS) is 12.1. The minimum Gasteiger partial charge on any atom is -0.507 e.